The number of carbonyl (C=O) groups excluding carboxylic acids is 1. The molecule has 18 heavy (non-hydrogen) atoms. The number of thiophene rings is 1. The van der Waals surface area contributed by atoms with Crippen molar-refractivity contribution < 1.29 is 4.79 Å². The maximum atomic E-state index is 12.3. The summed E-state index contributed by atoms with van der Waals surface area (Å²) in [6, 6.07) is 9.23. The van der Waals surface area contributed by atoms with Crippen molar-refractivity contribution in [3.05, 3.63) is 45.6 Å². The molecule has 0 radical (unpaired) electrons. The van der Waals surface area contributed by atoms with Crippen LogP contribution in [0.2, 0.25) is 0 Å². The summed E-state index contributed by atoms with van der Waals surface area (Å²) in [5.74, 6) is 0.0148. The normalized spacial score (nSPS) is 10.4. The van der Waals surface area contributed by atoms with E-state index < -0.39 is 0 Å². The second-order valence-corrected chi connectivity index (χ2v) is 5.56. The van der Waals surface area contributed by atoms with Crippen molar-refractivity contribution >= 4 is 28.6 Å². The van der Waals surface area contributed by atoms with Crippen molar-refractivity contribution in [1.29, 1.82) is 0 Å². The van der Waals surface area contributed by atoms with Gasteiger partial charge in [0, 0.05) is 23.3 Å². The minimum absolute atomic E-state index is 0.0148. The largest absolute Gasteiger partial charge is 0.399 e. The number of rotatable bonds is 2. The van der Waals surface area contributed by atoms with Crippen molar-refractivity contribution in [2.24, 2.45) is 0 Å². The highest BCUT2D eigenvalue weighted by atomic mass is 32.1. The van der Waals surface area contributed by atoms with Crippen LogP contribution in [0.4, 0.5) is 11.4 Å². The van der Waals surface area contributed by atoms with E-state index in [4.69, 9.17) is 5.73 Å². The summed E-state index contributed by atoms with van der Waals surface area (Å²) < 4.78 is 0. The number of carbonyl (C=O) groups is 1. The van der Waals surface area contributed by atoms with Gasteiger partial charge in [-0.3, -0.25) is 4.79 Å². The minimum Gasteiger partial charge on any atom is -0.399 e. The molecule has 0 saturated heterocycles. The molecule has 4 heteroatoms. The first-order valence-corrected chi connectivity index (χ1v) is 6.51. The Morgan fingerprint density at radius 3 is 2.33 bits per heavy atom. The van der Waals surface area contributed by atoms with Gasteiger partial charge >= 0.3 is 0 Å². The van der Waals surface area contributed by atoms with Crippen LogP contribution in [0.15, 0.2) is 30.3 Å². The van der Waals surface area contributed by atoms with Crippen LogP contribution in [0, 0.1) is 13.8 Å². The van der Waals surface area contributed by atoms with Gasteiger partial charge in [-0.2, -0.15) is 0 Å². The molecule has 0 unspecified atom stereocenters. The molecular formula is C14H16N2OS. The number of aryl methyl sites for hydroxylation is 2. The molecule has 1 aromatic carbocycles. The summed E-state index contributed by atoms with van der Waals surface area (Å²) >= 11 is 1.53. The van der Waals surface area contributed by atoms with Crippen LogP contribution in [0.5, 0.6) is 0 Å². The molecule has 1 heterocycles. The number of benzene rings is 1. The molecule has 0 saturated carbocycles. The predicted octanol–water partition coefficient (Wildman–Crippen LogP) is 3.22. The van der Waals surface area contributed by atoms with Gasteiger partial charge in [-0.25, -0.2) is 0 Å². The second kappa shape index (κ2) is 4.82. The van der Waals surface area contributed by atoms with Crippen molar-refractivity contribution in [2.45, 2.75) is 13.8 Å². The summed E-state index contributed by atoms with van der Waals surface area (Å²) in [7, 11) is 1.78. The topological polar surface area (TPSA) is 46.3 Å². The molecule has 1 amide bonds. The van der Waals surface area contributed by atoms with Crippen LogP contribution in [0.3, 0.4) is 0 Å². The van der Waals surface area contributed by atoms with Crippen LogP contribution in [0.25, 0.3) is 0 Å². The summed E-state index contributed by atoms with van der Waals surface area (Å²) in [4.78, 5) is 15.9. The first-order valence-electron chi connectivity index (χ1n) is 5.69. The first-order chi connectivity index (χ1) is 8.49. The fourth-order valence-corrected chi connectivity index (χ4v) is 2.67. The van der Waals surface area contributed by atoms with E-state index in [0.717, 1.165) is 16.1 Å². The zero-order valence-electron chi connectivity index (χ0n) is 10.7. The van der Waals surface area contributed by atoms with Gasteiger partial charge in [0.05, 0.1) is 4.88 Å². The van der Waals surface area contributed by atoms with Crippen LogP contribution < -0.4 is 10.6 Å². The first kappa shape index (κ1) is 12.6. The Morgan fingerprint density at radius 2 is 1.83 bits per heavy atom. The molecule has 94 valence electrons. The lowest BCUT2D eigenvalue weighted by molar-refractivity contribution is 0.0997. The highest BCUT2D eigenvalue weighted by molar-refractivity contribution is 7.14. The van der Waals surface area contributed by atoms with Crippen molar-refractivity contribution in [3.63, 3.8) is 0 Å². The number of amides is 1. The maximum Gasteiger partial charge on any atom is 0.268 e. The average Bonchev–Trinajstić information content (AvgIpc) is 2.69. The Labute approximate surface area is 111 Å². The lowest BCUT2D eigenvalue weighted by Crippen LogP contribution is -2.25. The number of nitrogens with two attached hydrogens (primary N) is 1. The minimum atomic E-state index is 0.0148. The van der Waals surface area contributed by atoms with E-state index in [1.54, 1.807) is 24.1 Å². The van der Waals surface area contributed by atoms with E-state index >= 15 is 0 Å². The molecule has 2 rings (SSSR count). The average molecular weight is 260 g/mol. The zero-order valence-corrected chi connectivity index (χ0v) is 11.5. The van der Waals surface area contributed by atoms with Crippen LogP contribution >= 0.6 is 11.3 Å². The highest BCUT2D eigenvalue weighted by Gasteiger charge is 2.16. The number of hydrogen-bond donors (Lipinski definition) is 1. The third-order valence-electron chi connectivity index (χ3n) is 2.96. The molecule has 2 N–H and O–H groups in total. The second-order valence-electron chi connectivity index (χ2n) is 4.31. The molecule has 0 spiro atoms. The lowest BCUT2D eigenvalue weighted by Gasteiger charge is -2.16. The standard InChI is InChI=1S/C14H16N2OS/c1-9-8-13(18-10(9)2)14(17)16(3)12-6-4-11(15)5-7-12/h4-8H,15H2,1-3H3. The van der Waals surface area contributed by atoms with Gasteiger partial charge in [0.15, 0.2) is 0 Å². The lowest BCUT2D eigenvalue weighted by atomic mass is 10.2. The Morgan fingerprint density at radius 1 is 1.22 bits per heavy atom. The zero-order chi connectivity index (χ0) is 13.3. The van der Waals surface area contributed by atoms with Crippen molar-refractivity contribution in [2.75, 3.05) is 17.7 Å². The Balaban J connectivity index is 2.26. The Kier molecular flexibility index (Phi) is 3.39. The van der Waals surface area contributed by atoms with E-state index in [0.29, 0.717) is 5.69 Å². The molecule has 0 atom stereocenters. The molecule has 0 aliphatic rings. The highest BCUT2D eigenvalue weighted by Crippen LogP contribution is 2.24. The summed E-state index contributed by atoms with van der Waals surface area (Å²) in [5.41, 5.74) is 8.34. The molecule has 0 aliphatic carbocycles. The van der Waals surface area contributed by atoms with E-state index in [9.17, 15) is 4.79 Å². The van der Waals surface area contributed by atoms with E-state index in [-0.39, 0.29) is 5.91 Å². The van der Waals surface area contributed by atoms with Gasteiger partial charge in [-0.1, -0.05) is 0 Å². The summed E-state index contributed by atoms with van der Waals surface area (Å²) in [6.45, 7) is 4.05. The van der Waals surface area contributed by atoms with Gasteiger partial charge in [0.1, 0.15) is 0 Å². The van der Waals surface area contributed by atoms with E-state index in [1.165, 1.54) is 16.2 Å². The Hall–Kier alpha value is -1.81. The van der Waals surface area contributed by atoms with Gasteiger partial charge in [-0.15, -0.1) is 11.3 Å². The van der Waals surface area contributed by atoms with Crippen molar-refractivity contribution in [1.82, 2.24) is 0 Å². The van der Waals surface area contributed by atoms with Gasteiger partial charge in [0.25, 0.3) is 5.91 Å². The number of nitrogens with zero attached hydrogens (tertiary/aromatic N) is 1. The van der Waals surface area contributed by atoms with E-state index in [2.05, 4.69) is 0 Å². The molecule has 3 nitrogen and oxygen atoms in total. The number of anilines is 2. The summed E-state index contributed by atoms with van der Waals surface area (Å²) in [6.07, 6.45) is 0. The molecule has 0 aliphatic heterocycles. The molecule has 2 aromatic rings. The summed E-state index contributed by atoms with van der Waals surface area (Å²) in [5, 5.41) is 0. The SMILES string of the molecule is Cc1cc(C(=O)N(C)c2ccc(N)cc2)sc1C. The van der Waals surface area contributed by atoms with Crippen LogP contribution in [0.1, 0.15) is 20.1 Å². The maximum absolute atomic E-state index is 12.3. The van der Waals surface area contributed by atoms with E-state index in [1.807, 2.05) is 32.0 Å². The number of hydrogen-bond acceptors (Lipinski definition) is 3. The molecule has 0 bridgehead atoms. The quantitative estimate of drug-likeness (QED) is 0.843. The van der Waals surface area contributed by atoms with Crippen LogP contribution in [-0.4, -0.2) is 13.0 Å². The molecule has 0 fully saturated rings. The van der Waals surface area contributed by atoms with Gasteiger partial charge < -0.3 is 10.6 Å². The molecule has 1 aromatic heterocycles. The van der Waals surface area contributed by atoms with Gasteiger partial charge in [0.2, 0.25) is 0 Å². The monoisotopic (exact) mass is 260 g/mol. The van der Waals surface area contributed by atoms with Gasteiger partial charge in [-0.05, 0) is 49.7 Å². The fraction of sp³-hybridized carbons (Fsp3) is 0.214. The Bertz CT molecular complexity index is 552. The van der Waals surface area contributed by atoms with Crippen LogP contribution in [-0.2, 0) is 0 Å². The number of nitrogen functional groups attached to an aromatic ring is 1. The van der Waals surface area contributed by atoms with Crippen molar-refractivity contribution in [3.8, 4) is 0 Å². The third kappa shape index (κ3) is 2.38. The molecular weight excluding hydrogens is 244 g/mol. The smallest absolute Gasteiger partial charge is 0.268 e. The fourth-order valence-electron chi connectivity index (χ4n) is 1.66. The predicted molar refractivity (Wildman–Crippen MR) is 77.4 cm³/mol. The third-order valence-corrected chi connectivity index (χ3v) is 4.10.